The molecule has 1 saturated heterocycles. The lowest BCUT2D eigenvalue weighted by atomic mass is 9.83. The first kappa shape index (κ1) is 15.3. The third-order valence-corrected chi connectivity index (χ3v) is 3.89. The number of hydrogen-bond acceptors (Lipinski definition) is 3. The number of carbonyl (C=O) groups is 2. The van der Waals surface area contributed by atoms with Gasteiger partial charge in [0.05, 0.1) is 17.8 Å². The highest BCUT2D eigenvalue weighted by Gasteiger charge is 2.27. The second-order valence-corrected chi connectivity index (χ2v) is 6.15. The second kappa shape index (κ2) is 6.11. The number of nitrogens with one attached hydrogen (secondary N) is 1. The summed E-state index contributed by atoms with van der Waals surface area (Å²) in [4.78, 5) is 28.8. The van der Waals surface area contributed by atoms with Gasteiger partial charge in [-0.15, -0.1) is 0 Å². The van der Waals surface area contributed by atoms with Crippen molar-refractivity contribution in [3.8, 4) is 0 Å². The summed E-state index contributed by atoms with van der Waals surface area (Å²) in [6.45, 7) is 6.16. The molecule has 2 N–H and O–H groups in total. The molecule has 0 radical (unpaired) electrons. The quantitative estimate of drug-likeness (QED) is 0.893. The molecule has 2 rings (SSSR count). The van der Waals surface area contributed by atoms with Crippen LogP contribution in [0.25, 0.3) is 0 Å². The molecule has 0 unspecified atom stereocenters. The van der Waals surface area contributed by atoms with Crippen molar-refractivity contribution >= 4 is 12.0 Å². The molecule has 0 atom stereocenters. The van der Waals surface area contributed by atoms with Crippen LogP contribution in [0.15, 0.2) is 18.3 Å². The number of amides is 2. The number of nitrogens with zero attached hydrogens (tertiary/aromatic N) is 2. The Kier molecular flexibility index (Phi) is 4.45. The van der Waals surface area contributed by atoms with Crippen LogP contribution < -0.4 is 5.32 Å². The third-order valence-electron chi connectivity index (χ3n) is 3.89. The van der Waals surface area contributed by atoms with Crippen molar-refractivity contribution in [3.63, 3.8) is 0 Å². The van der Waals surface area contributed by atoms with Crippen molar-refractivity contribution in [3.05, 3.63) is 29.6 Å². The van der Waals surface area contributed by atoms with Gasteiger partial charge in [0.25, 0.3) is 0 Å². The number of carboxylic acids is 1. The molecule has 6 nitrogen and oxygen atoms in total. The smallest absolute Gasteiger partial charge is 0.335 e. The van der Waals surface area contributed by atoms with Crippen molar-refractivity contribution < 1.29 is 14.7 Å². The van der Waals surface area contributed by atoms with E-state index < -0.39 is 5.97 Å². The molecule has 1 fully saturated rings. The van der Waals surface area contributed by atoms with Gasteiger partial charge in [-0.25, -0.2) is 9.59 Å². The van der Waals surface area contributed by atoms with E-state index in [2.05, 4.69) is 24.1 Å². The van der Waals surface area contributed by atoms with E-state index in [0.29, 0.717) is 11.1 Å². The summed E-state index contributed by atoms with van der Waals surface area (Å²) in [6.07, 6.45) is 3.43. The van der Waals surface area contributed by atoms with Gasteiger partial charge in [0.2, 0.25) is 0 Å². The van der Waals surface area contributed by atoms with Crippen LogP contribution in [0.1, 0.15) is 42.7 Å². The third kappa shape index (κ3) is 4.18. The number of carboxylic acid groups (broad SMARTS) is 1. The molecule has 0 aromatic carbocycles. The molecule has 0 saturated carbocycles. The fourth-order valence-electron chi connectivity index (χ4n) is 2.30. The van der Waals surface area contributed by atoms with Gasteiger partial charge in [-0.05, 0) is 30.4 Å². The van der Waals surface area contributed by atoms with Crippen molar-refractivity contribution in [1.29, 1.82) is 0 Å². The molecular weight excluding hydrogens is 270 g/mol. The highest BCUT2D eigenvalue weighted by Crippen LogP contribution is 2.29. The molecule has 2 heterocycles. The van der Waals surface area contributed by atoms with E-state index in [4.69, 9.17) is 5.11 Å². The highest BCUT2D eigenvalue weighted by atomic mass is 16.4. The van der Waals surface area contributed by atoms with Crippen molar-refractivity contribution in [2.75, 3.05) is 13.1 Å². The summed E-state index contributed by atoms with van der Waals surface area (Å²) in [6, 6.07) is 2.79. The Hall–Kier alpha value is -2.11. The minimum absolute atomic E-state index is 0.118. The van der Waals surface area contributed by atoms with Crippen LogP contribution >= 0.6 is 0 Å². The van der Waals surface area contributed by atoms with E-state index in [1.807, 2.05) is 0 Å². The number of rotatable bonds is 3. The van der Waals surface area contributed by atoms with Gasteiger partial charge in [-0.2, -0.15) is 0 Å². The summed E-state index contributed by atoms with van der Waals surface area (Å²) >= 11 is 0. The monoisotopic (exact) mass is 291 g/mol. The first-order valence-corrected chi connectivity index (χ1v) is 7.08. The van der Waals surface area contributed by atoms with Crippen LogP contribution in [-0.2, 0) is 6.54 Å². The average molecular weight is 291 g/mol. The fourth-order valence-corrected chi connectivity index (χ4v) is 2.30. The minimum atomic E-state index is -0.997. The van der Waals surface area contributed by atoms with Crippen LogP contribution in [0, 0.1) is 5.41 Å². The molecule has 6 heteroatoms. The number of carbonyl (C=O) groups excluding carboxylic acids is 1. The number of piperidine rings is 1. The fraction of sp³-hybridized carbons (Fsp3) is 0.533. The maximum Gasteiger partial charge on any atom is 0.335 e. The van der Waals surface area contributed by atoms with Gasteiger partial charge in [0, 0.05) is 19.3 Å². The summed E-state index contributed by atoms with van der Waals surface area (Å²) in [7, 11) is 0. The lowest BCUT2D eigenvalue weighted by Crippen LogP contribution is -2.45. The normalized spacial score (nSPS) is 17.3. The summed E-state index contributed by atoms with van der Waals surface area (Å²) in [5, 5.41) is 11.7. The van der Waals surface area contributed by atoms with Crippen molar-refractivity contribution in [1.82, 2.24) is 15.2 Å². The standard InChI is InChI=1S/C15H21N3O3/c1-15(2)4-7-18(8-5-15)14(21)17-10-12-9-11(13(19)20)3-6-16-12/h3,6,9H,4-5,7-8,10H2,1-2H3,(H,17,21)(H,19,20). The number of urea groups is 1. The Morgan fingerprint density at radius 3 is 2.67 bits per heavy atom. The van der Waals surface area contributed by atoms with Gasteiger partial charge >= 0.3 is 12.0 Å². The predicted octanol–water partition coefficient (Wildman–Crippen LogP) is 2.11. The molecule has 2 amide bonds. The largest absolute Gasteiger partial charge is 0.478 e. The van der Waals surface area contributed by atoms with E-state index in [0.717, 1.165) is 25.9 Å². The van der Waals surface area contributed by atoms with Gasteiger partial charge in [-0.1, -0.05) is 13.8 Å². The molecule has 1 aliphatic rings. The molecule has 0 aliphatic carbocycles. The molecular formula is C15H21N3O3. The maximum atomic E-state index is 12.1. The first-order chi connectivity index (χ1) is 9.87. The van der Waals surface area contributed by atoms with Gasteiger partial charge in [0.1, 0.15) is 0 Å². The summed E-state index contributed by atoms with van der Waals surface area (Å²) in [5.41, 5.74) is 1.02. The second-order valence-electron chi connectivity index (χ2n) is 6.15. The molecule has 1 aliphatic heterocycles. The van der Waals surface area contributed by atoms with E-state index in [1.165, 1.54) is 18.3 Å². The predicted molar refractivity (Wildman–Crippen MR) is 78.0 cm³/mol. The number of likely N-dealkylation sites (tertiary alicyclic amines) is 1. The molecule has 21 heavy (non-hydrogen) atoms. The number of hydrogen-bond donors (Lipinski definition) is 2. The molecule has 114 valence electrons. The van der Waals surface area contributed by atoms with Crippen molar-refractivity contribution in [2.24, 2.45) is 5.41 Å². The highest BCUT2D eigenvalue weighted by molar-refractivity contribution is 5.87. The summed E-state index contributed by atoms with van der Waals surface area (Å²) < 4.78 is 0. The van der Waals surface area contributed by atoms with Crippen molar-refractivity contribution in [2.45, 2.75) is 33.2 Å². The lowest BCUT2D eigenvalue weighted by molar-refractivity contribution is 0.0696. The van der Waals surface area contributed by atoms with Crippen LogP contribution in [0.5, 0.6) is 0 Å². The lowest BCUT2D eigenvalue weighted by Gasteiger charge is -2.36. The zero-order valence-corrected chi connectivity index (χ0v) is 12.4. The van der Waals surface area contributed by atoms with E-state index in [-0.39, 0.29) is 18.1 Å². The van der Waals surface area contributed by atoms with Gasteiger partial charge in [-0.3, -0.25) is 4.98 Å². The number of pyridine rings is 1. The van der Waals surface area contributed by atoms with Crippen LogP contribution in [-0.4, -0.2) is 40.1 Å². The Bertz CT molecular complexity index is 533. The Balaban J connectivity index is 1.87. The van der Waals surface area contributed by atoms with Crippen LogP contribution in [0.4, 0.5) is 4.79 Å². The zero-order valence-electron chi connectivity index (χ0n) is 12.4. The topological polar surface area (TPSA) is 82.5 Å². The van der Waals surface area contributed by atoms with E-state index in [9.17, 15) is 9.59 Å². The average Bonchev–Trinajstić information content (AvgIpc) is 2.45. The SMILES string of the molecule is CC1(C)CCN(C(=O)NCc2cc(C(=O)O)ccn2)CC1. The first-order valence-electron chi connectivity index (χ1n) is 7.08. The molecule has 0 bridgehead atoms. The summed E-state index contributed by atoms with van der Waals surface area (Å²) in [5.74, 6) is -0.997. The molecule has 1 aromatic rings. The van der Waals surface area contributed by atoms with Crippen LogP contribution in [0.2, 0.25) is 0 Å². The molecule has 1 aromatic heterocycles. The number of aromatic carboxylic acids is 1. The minimum Gasteiger partial charge on any atom is -0.478 e. The zero-order chi connectivity index (χ0) is 15.5. The Morgan fingerprint density at radius 1 is 1.38 bits per heavy atom. The Labute approximate surface area is 124 Å². The van der Waals surface area contributed by atoms with E-state index >= 15 is 0 Å². The number of aromatic nitrogens is 1. The van der Waals surface area contributed by atoms with Crippen LogP contribution in [0.3, 0.4) is 0 Å². The maximum absolute atomic E-state index is 12.1. The molecule has 0 spiro atoms. The Morgan fingerprint density at radius 2 is 2.05 bits per heavy atom. The van der Waals surface area contributed by atoms with E-state index in [1.54, 1.807) is 4.90 Å². The van der Waals surface area contributed by atoms with Gasteiger partial charge in [0.15, 0.2) is 0 Å². The van der Waals surface area contributed by atoms with Gasteiger partial charge < -0.3 is 15.3 Å².